The fraction of sp³-hybridized carbons (Fsp3) is 0.385. The second-order valence-electron chi connectivity index (χ2n) is 4.38. The Morgan fingerprint density at radius 3 is 2.81 bits per heavy atom. The predicted octanol–water partition coefficient (Wildman–Crippen LogP) is 3.22. The number of allylic oxidation sites excluding steroid dienone is 2. The van der Waals surface area contributed by atoms with E-state index in [2.05, 4.69) is 58.9 Å². The topological polar surface area (TPSA) is 6.48 Å². The Labute approximate surface area is 106 Å². The summed E-state index contributed by atoms with van der Waals surface area (Å²) in [6, 6.07) is 0. The Kier molecular flexibility index (Phi) is 2.98. The molecule has 2 aliphatic heterocycles. The molecule has 0 radical (unpaired) electrons. The van der Waals surface area contributed by atoms with Crippen LogP contribution in [0.4, 0.5) is 0 Å². The largest absolute Gasteiger partial charge is 0.371 e. The maximum atomic E-state index is 4.07. The molecule has 0 fully saturated rings. The molecular weight excluding hydrogens is 264 g/mol. The molecule has 0 spiro atoms. The van der Waals surface area contributed by atoms with Crippen LogP contribution in [0.3, 0.4) is 0 Å². The minimum atomic E-state index is 0.956. The van der Waals surface area contributed by atoms with Crippen LogP contribution in [-0.4, -0.2) is 29.9 Å². The van der Waals surface area contributed by atoms with E-state index in [4.69, 9.17) is 0 Å². The molecule has 3 heteroatoms. The van der Waals surface area contributed by atoms with Crippen LogP contribution in [0.2, 0.25) is 0 Å². The summed E-state index contributed by atoms with van der Waals surface area (Å²) < 4.78 is 1.08. The summed E-state index contributed by atoms with van der Waals surface area (Å²) in [6.07, 6.45) is 3.25. The highest BCUT2D eigenvalue weighted by molar-refractivity contribution is 9.12. The zero-order valence-corrected chi connectivity index (χ0v) is 11.5. The Bertz CT molecular complexity index is 418. The van der Waals surface area contributed by atoms with Crippen LogP contribution < -0.4 is 0 Å². The van der Waals surface area contributed by atoms with E-state index < -0.39 is 0 Å². The lowest BCUT2D eigenvalue weighted by Gasteiger charge is -2.38. The Morgan fingerprint density at radius 2 is 2.19 bits per heavy atom. The molecule has 0 atom stereocenters. The van der Waals surface area contributed by atoms with Crippen molar-refractivity contribution in [3.05, 3.63) is 46.4 Å². The van der Waals surface area contributed by atoms with Gasteiger partial charge in [-0.2, -0.15) is 0 Å². The van der Waals surface area contributed by atoms with Gasteiger partial charge in [0, 0.05) is 48.1 Å². The van der Waals surface area contributed by atoms with E-state index in [9.17, 15) is 0 Å². The van der Waals surface area contributed by atoms with E-state index >= 15 is 0 Å². The van der Waals surface area contributed by atoms with Crippen LogP contribution in [0.1, 0.15) is 13.3 Å². The van der Waals surface area contributed by atoms with Gasteiger partial charge in [0.1, 0.15) is 0 Å². The summed E-state index contributed by atoms with van der Waals surface area (Å²) in [5.74, 6) is 0. The van der Waals surface area contributed by atoms with Gasteiger partial charge in [0.25, 0.3) is 0 Å². The summed E-state index contributed by atoms with van der Waals surface area (Å²) in [6.45, 7) is 12.1. The van der Waals surface area contributed by atoms with Gasteiger partial charge in [0.05, 0.1) is 0 Å². The van der Waals surface area contributed by atoms with Gasteiger partial charge < -0.3 is 9.80 Å². The van der Waals surface area contributed by atoms with Crippen molar-refractivity contribution < 1.29 is 0 Å². The highest BCUT2D eigenvalue weighted by atomic mass is 79.9. The van der Waals surface area contributed by atoms with Crippen molar-refractivity contribution in [1.29, 1.82) is 0 Å². The van der Waals surface area contributed by atoms with Gasteiger partial charge in [-0.1, -0.05) is 13.2 Å². The first-order chi connectivity index (χ1) is 7.50. The second kappa shape index (κ2) is 4.13. The zero-order valence-electron chi connectivity index (χ0n) is 9.89. The van der Waals surface area contributed by atoms with Crippen LogP contribution in [0.25, 0.3) is 0 Å². The molecule has 2 heterocycles. The third kappa shape index (κ3) is 1.84. The lowest BCUT2D eigenvalue weighted by molar-refractivity contribution is 0.330. The van der Waals surface area contributed by atoms with E-state index in [0.717, 1.165) is 35.4 Å². The van der Waals surface area contributed by atoms with Crippen LogP contribution >= 0.6 is 15.9 Å². The van der Waals surface area contributed by atoms with Gasteiger partial charge in [-0.05, 0) is 34.5 Å². The molecule has 0 unspecified atom stereocenters. The summed E-state index contributed by atoms with van der Waals surface area (Å²) >= 11 is 3.56. The average molecular weight is 281 g/mol. The van der Waals surface area contributed by atoms with Crippen LogP contribution in [0.15, 0.2) is 46.4 Å². The third-order valence-electron chi connectivity index (χ3n) is 3.28. The molecule has 0 aromatic heterocycles. The minimum Gasteiger partial charge on any atom is -0.371 e. The van der Waals surface area contributed by atoms with Crippen molar-refractivity contribution in [3.63, 3.8) is 0 Å². The number of likely N-dealkylation sites (N-methyl/N-ethyl adjacent to an activating group) is 1. The normalized spacial score (nSPS) is 20.9. The molecular formula is C13H17BrN2. The molecule has 0 saturated carbocycles. The third-order valence-corrected chi connectivity index (χ3v) is 3.96. The second-order valence-corrected chi connectivity index (χ2v) is 5.23. The Morgan fingerprint density at radius 1 is 1.50 bits per heavy atom. The summed E-state index contributed by atoms with van der Waals surface area (Å²) in [7, 11) is 2.09. The summed E-state index contributed by atoms with van der Waals surface area (Å²) in [5.41, 5.74) is 4.95. The van der Waals surface area contributed by atoms with Crippen molar-refractivity contribution in [2.24, 2.45) is 0 Å². The maximum Gasteiger partial charge on any atom is 0.0477 e. The van der Waals surface area contributed by atoms with Crippen LogP contribution in [0.5, 0.6) is 0 Å². The molecule has 0 saturated heterocycles. The van der Waals surface area contributed by atoms with E-state index in [0.29, 0.717) is 0 Å². The molecule has 0 aliphatic carbocycles. The molecule has 86 valence electrons. The number of halogens is 1. The molecule has 0 N–H and O–H groups in total. The molecule has 2 rings (SSSR count). The lowest BCUT2D eigenvalue weighted by atomic mass is 10.0. The average Bonchev–Trinajstić information content (AvgIpc) is 2.25. The number of rotatable bonds is 1. The smallest absolute Gasteiger partial charge is 0.0477 e. The van der Waals surface area contributed by atoms with Crippen molar-refractivity contribution in [2.45, 2.75) is 13.3 Å². The zero-order chi connectivity index (χ0) is 11.9. The van der Waals surface area contributed by atoms with E-state index in [1.165, 1.54) is 11.3 Å². The van der Waals surface area contributed by atoms with Gasteiger partial charge in [-0.15, -0.1) is 0 Å². The molecule has 0 bridgehead atoms. The first-order valence-corrected chi connectivity index (χ1v) is 6.22. The first kappa shape index (κ1) is 11.5. The minimum absolute atomic E-state index is 0.956. The molecule has 0 amide bonds. The Balaban J connectivity index is 2.31. The maximum absolute atomic E-state index is 4.07. The van der Waals surface area contributed by atoms with Gasteiger partial charge >= 0.3 is 0 Å². The monoisotopic (exact) mass is 280 g/mol. The number of nitrogens with zero attached hydrogens (tertiary/aromatic N) is 2. The summed E-state index contributed by atoms with van der Waals surface area (Å²) in [5, 5.41) is 0. The fourth-order valence-corrected chi connectivity index (χ4v) is 2.72. The quantitative estimate of drug-likeness (QED) is 0.728. The molecule has 16 heavy (non-hydrogen) atoms. The van der Waals surface area contributed by atoms with Gasteiger partial charge in [0.2, 0.25) is 0 Å². The molecule has 0 aromatic carbocycles. The van der Waals surface area contributed by atoms with Crippen LogP contribution in [0, 0.1) is 0 Å². The summed E-state index contributed by atoms with van der Waals surface area (Å²) in [4.78, 5) is 4.51. The Hall–Kier alpha value is -0.960. The highest BCUT2D eigenvalue weighted by Gasteiger charge is 2.25. The van der Waals surface area contributed by atoms with Crippen molar-refractivity contribution in [3.8, 4) is 0 Å². The standard InChI is InChI=1S/C13H17BrN2/c1-9(2)16-6-5-13-11(8-16)7-12(14)10(3)15(13)4/h7H,1,3,5-6,8H2,2,4H3. The van der Waals surface area contributed by atoms with Crippen LogP contribution in [-0.2, 0) is 0 Å². The fourth-order valence-electron chi connectivity index (χ4n) is 2.17. The number of hydrogen-bond acceptors (Lipinski definition) is 2. The molecule has 2 aliphatic rings. The lowest BCUT2D eigenvalue weighted by Crippen LogP contribution is -2.35. The van der Waals surface area contributed by atoms with Gasteiger partial charge in [-0.3, -0.25) is 0 Å². The van der Waals surface area contributed by atoms with E-state index in [1.54, 1.807) is 0 Å². The van der Waals surface area contributed by atoms with E-state index in [1.807, 2.05) is 0 Å². The van der Waals surface area contributed by atoms with Crippen molar-refractivity contribution in [1.82, 2.24) is 9.80 Å². The van der Waals surface area contributed by atoms with Gasteiger partial charge in [-0.25, -0.2) is 0 Å². The SMILES string of the molecule is C=C(C)N1CCC2=C(C=C(Br)C(=C)N2C)C1. The molecule has 2 nitrogen and oxygen atoms in total. The first-order valence-electron chi connectivity index (χ1n) is 5.43. The van der Waals surface area contributed by atoms with E-state index in [-0.39, 0.29) is 0 Å². The predicted molar refractivity (Wildman–Crippen MR) is 71.9 cm³/mol. The molecule has 0 aromatic rings. The highest BCUT2D eigenvalue weighted by Crippen LogP contribution is 2.34. The van der Waals surface area contributed by atoms with Crippen molar-refractivity contribution in [2.75, 3.05) is 20.1 Å². The number of hydrogen-bond donors (Lipinski definition) is 0. The van der Waals surface area contributed by atoms with Crippen molar-refractivity contribution >= 4 is 15.9 Å². The van der Waals surface area contributed by atoms with Gasteiger partial charge in [0.15, 0.2) is 0 Å².